The van der Waals surface area contributed by atoms with E-state index in [1.807, 2.05) is 48.5 Å². The van der Waals surface area contributed by atoms with Crippen molar-refractivity contribution in [2.45, 2.75) is 6.92 Å². The van der Waals surface area contributed by atoms with Gasteiger partial charge in [-0.3, -0.25) is 4.79 Å². The highest BCUT2D eigenvalue weighted by Gasteiger charge is 2.20. The molecule has 2 rings (SSSR count). The summed E-state index contributed by atoms with van der Waals surface area (Å²) in [6.07, 6.45) is 0. The van der Waals surface area contributed by atoms with Crippen molar-refractivity contribution in [1.82, 2.24) is 5.32 Å². The molecule has 0 heterocycles. The summed E-state index contributed by atoms with van der Waals surface area (Å²) in [5, 5.41) is 2.75. The van der Waals surface area contributed by atoms with Crippen molar-refractivity contribution in [3.05, 3.63) is 71.8 Å². The molecule has 0 aliphatic heterocycles. The summed E-state index contributed by atoms with van der Waals surface area (Å²) >= 11 is 0. The van der Waals surface area contributed by atoms with E-state index in [-0.39, 0.29) is 5.91 Å². The summed E-state index contributed by atoms with van der Waals surface area (Å²) in [6, 6.07) is 18.3. The lowest BCUT2D eigenvalue weighted by molar-refractivity contribution is -0.133. The van der Waals surface area contributed by atoms with Crippen molar-refractivity contribution in [1.29, 1.82) is 0 Å². The average molecular weight is 295 g/mol. The topological polar surface area (TPSA) is 55.4 Å². The molecule has 0 fully saturated rings. The molecule has 4 heteroatoms. The Kier molecular flexibility index (Phi) is 5.09. The molecule has 0 spiro atoms. The maximum absolute atomic E-state index is 12.3. The van der Waals surface area contributed by atoms with E-state index in [1.165, 1.54) is 14.0 Å². The van der Waals surface area contributed by atoms with Crippen molar-refractivity contribution in [3.8, 4) is 0 Å². The Morgan fingerprint density at radius 1 is 0.864 bits per heavy atom. The lowest BCUT2D eigenvalue weighted by Gasteiger charge is -2.15. The van der Waals surface area contributed by atoms with Gasteiger partial charge >= 0.3 is 5.97 Å². The van der Waals surface area contributed by atoms with Gasteiger partial charge in [0.05, 0.1) is 18.4 Å². The van der Waals surface area contributed by atoms with E-state index in [2.05, 4.69) is 5.32 Å². The Labute approximate surface area is 129 Å². The molecular weight excluding hydrogens is 278 g/mol. The summed E-state index contributed by atoms with van der Waals surface area (Å²) < 4.78 is 4.90. The minimum atomic E-state index is -0.501. The van der Waals surface area contributed by atoms with Gasteiger partial charge in [0.2, 0.25) is 5.91 Å². The molecule has 4 nitrogen and oxygen atoms in total. The van der Waals surface area contributed by atoms with E-state index in [0.717, 1.165) is 5.56 Å². The molecule has 1 amide bonds. The molecule has 2 aromatic rings. The molecule has 0 unspecified atom stereocenters. The maximum Gasteiger partial charge on any atom is 0.340 e. The van der Waals surface area contributed by atoms with Gasteiger partial charge in [0.25, 0.3) is 0 Å². The Balaban J connectivity index is 2.70. The molecule has 0 saturated heterocycles. The first kappa shape index (κ1) is 15.5. The van der Waals surface area contributed by atoms with Crippen LogP contribution in [-0.2, 0) is 14.3 Å². The van der Waals surface area contributed by atoms with E-state index in [1.54, 1.807) is 12.1 Å². The van der Waals surface area contributed by atoms with Gasteiger partial charge < -0.3 is 10.1 Å². The number of hydrogen-bond acceptors (Lipinski definition) is 3. The fourth-order valence-electron chi connectivity index (χ4n) is 2.13. The Hall–Kier alpha value is -2.88. The van der Waals surface area contributed by atoms with Crippen LogP contribution in [0.2, 0.25) is 0 Å². The SMILES string of the molecule is COC(=O)/C(=C(/NC(C)=O)c1ccccc1)c1ccccc1. The Morgan fingerprint density at radius 2 is 1.36 bits per heavy atom. The van der Waals surface area contributed by atoms with Crippen molar-refractivity contribution >= 4 is 23.1 Å². The lowest BCUT2D eigenvalue weighted by atomic mass is 9.99. The number of ether oxygens (including phenoxy) is 1. The first-order valence-corrected chi connectivity index (χ1v) is 6.84. The van der Waals surface area contributed by atoms with Crippen LogP contribution in [0.3, 0.4) is 0 Å². The highest BCUT2D eigenvalue weighted by atomic mass is 16.5. The third-order valence-electron chi connectivity index (χ3n) is 3.07. The van der Waals surface area contributed by atoms with Crippen LogP contribution in [0.15, 0.2) is 60.7 Å². The van der Waals surface area contributed by atoms with Crippen molar-refractivity contribution in [3.63, 3.8) is 0 Å². The first-order chi connectivity index (χ1) is 10.6. The van der Waals surface area contributed by atoms with Crippen LogP contribution in [0.4, 0.5) is 0 Å². The third kappa shape index (κ3) is 3.61. The average Bonchev–Trinajstić information content (AvgIpc) is 2.55. The van der Waals surface area contributed by atoms with Crippen molar-refractivity contribution < 1.29 is 14.3 Å². The van der Waals surface area contributed by atoms with E-state index >= 15 is 0 Å². The van der Waals surface area contributed by atoms with Crippen LogP contribution in [0.1, 0.15) is 18.1 Å². The molecule has 0 aliphatic rings. The monoisotopic (exact) mass is 295 g/mol. The van der Waals surface area contributed by atoms with E-state index in [0.29, 0.717) is 16.8 Å². The van der Waals surface area contributed by atoms with Gasteiger partial charge in [-0.25, -0.2) is 4.79 Å². The van der Waals surface area contributed by atoms with Crippen LogP contribution >= 0.6 is 0 Å². The predicted molar refractivity (Wildman–Crippen MR) is 85.5 cm³/mol. The predicted octanol–water partition coefficient (Wildman–Crippen LogP) is 2.86. The number of esters is 1. The number of carbonyl (C=O) groups excluding carboxylic acids is 2. The van der Waals surface area contributed by atoms with Gasteiger partial charge in [0.1, 0.15) is 0 Å². The number of benzene rings is 2. The number of carbonyl (C=O) groups is 2. The third-order valence-corrected chi connectivity index (χ3v) is 3.07. The van der Waals surface area contributed by atoms with Crippen LogP contribution in [0.25, 0.3) is 11.3 Å². The standard InChI is InChI=1S/C18H17NO3/c1-13(20)19-17(15-11-7-4-8-12-15)16(18(21)22-2)14-9-5-3-6-10-14/h3-12H,1-2H3,(H,19,20)/b17-16+. The summed E-state index contributed by atoms with van der Waals surface area (Å²) in [5.74, 6) is -0.755. The number of nitrogens with one attached hydrogen (secondary N) is 1. The van der Waals surface area contributed by atoms with Gasteiger partial charge in [0.15, 0.2) is 0 Å². The van der Waals surface area contributed by atoms with Gasteiger partial charge in [0, 0.05) is 6.92 Å². The van der Waals surface area contributed by atoms with E-state index < -0.39 is 5.97 Å². The second kappa shape index (κ2) is 7.22. The Morgan fingerprint density at radius 3 is 1.82 bits per heavy atom. The van der Waals surface area contributed by atoms with E-state index in [9.17, 15) is 9.59 Å². The van der Waals surface area contributed by atoms with Gasteiger partial charge in [-0.1, -0.05) is 60.7 Å². The molecular formula is C18H17NO3. The second-order valence-corrected chi connectivity index (χ2v) is 4.65. The molecule has 0 radical (unpaired) electrons. The number of hydrogen-bond donors (Lipinski definition) is 1. The maximum atomic E-state index is 12.3. The smallest absolute Gasteiger partial charge is 0.340 e. The minimum absolute atomic E-state index is 0.254. The van der Waals surface area contributed by atoms with Gasteiger partial charge in [-0.15, -0.1) is 0 Å². The van der Waals surface area contributed by atoms with Crippen LogP contribution in [0.5, 0.6) is 0 Å². The zero-order valence-corrected chi connectivity index (χ0v) is 12.5. The normalized spacial score (nSPS) is 11.4. The molecule has 2 aromatic carbocycles. The molecule has 0 aliphatic carbocycles. The van der Waals surface area contributed by atoms with Gasteiger partial charge in [-0.05, 0) is 11.1 Å². The number of methoxy groups -OCH3 is 1. The summed E-state index contributed by atoms with van der Waals surface area (Å²) in [4.78, 5) is 23.9. The van der Waals surface area contributed by atoms with Gasteiger partial charge in [-0.2, -0.15) is 0 Å². The molecule has 0 atom stereocenters. The van der Waals surface area contributed by atoms with Crippen molar-refractivity contribution in [2.24, 2.45) is 0 Å². The van der Waals surface area contributed by atoms with Crippen LogP contribution in [-0.4, -0.2) is 19.0 Å². The minimum Gasteiger partial charge on any atom is -0.465 e. The fourth-order valence-corrected chi connectivity index (χ4v) is 2.13. The highest BCUT2D eigenvalue weighted by molar-refractivity contribution is 6.25. The lowest BCUT2D eigenvalue weighted by Crippen LogP contribution is -2.22. The Bertz CT molecular complexity index is 691. The van der Waals surface area contributed by atoms with Crippen LogP contribution in [0, 0.1) is 0 Å². The van der Waals surface area contributed by atoms with Crippen molar-refractivity contribution in [2.75, 3.05) is 7.11 Å². The molecule has 22 heavy (non-hydrogen) atoms. The van der Waals surface area contributed by atoms with E-state index in [4.69, 9.17) is 4.74 Å². The van der Waals surface area contributed by atoms with Crippen LogP contribution < -0.4 is 5.32 Å². The molecule has 0 aromatic heterocycles. The first-order valence-electron chi connectivity index (χ1n) is 6.84. The zero-order valence-electron chi connectivity index (χ0n) is 12.5. The highest BCUT2D eigenvalue weighted by Crippen LogP contribution is 2.25. The summed E-state index contributed by atoms with van der Waals surface area (Å²) in [7, 11) is 1.32. The quantitative estimate of drug-likeness (QED) is 0.536. The second-order valence-electron chi connectivity index (χ2n) is 4.65. The summed E-state index contributed by atoms with van der Waals surface area (Å²) in [6.45, 7) is 1.41. The fraction of sp³-hybridized carbons (Fsp3) is 0.111. The number of rotatable bonds is 4. The number of amides is 1. The summed E-state index contributed by atoms with van der Waals surface area (Å²) in [5.41, 5.74) is 2.18. The molecule has 1 N–H and O–H groups in total. The largest absolute Gasteiger partial charge is 0.465 e. The zero-order chi connectivity index (χ0) is 15.9. The molecule has 0 saturated carbocycles. The molecule has 112 valence electrons. The molecule has 0 bridgehead atoms.